The predicted molar refractivity (Wildman–Crippen MR) is 126 cm³/mol. The fraction of sp³-hybridized carbons (Fsp3) is 0.125. The van der Waals surface area contributed by atoms with Gasteiger partial charge in [-0.1, -0.05) is 30.3 Å². The first-order valence-corrected chi connectivity index (χ1v) is 10.3. The number of nitro groups is 1. The summed E-state index contributed by atoms with van der Waals surface area (Å²) in [6.45, 7) is 3.64. The molecule has 0 atom stereocenters. The summed E-state index contributed by atoms with van der Waals surface area (Å²) < 4.78 is 14.5. The van der Waals surface area contributed by atoms with Gasteiger partial charge in [-0.05, 0) is 43.2 Å². The lowest BCUT2D eigenvalue weighted by Gasteiger charge is -2.12. The molecular formula is C24H20FN5O4. The zero-order valence-corrected chi connectivity index (χ0v) is 18.3. The van der Waals surface area contributed by atoms with Crippen molar-refractivity contribution in [3.63, 3.8) is 0 Å². The van der Waals surface area contributed by atoms with Crippen LogP contribution < -0.4 is 10.8 Å². The van der Waals surface area contributed by atoms with Crippen LogP contribution in [-0.4, -0.2) is 29.1 Å². The molecule has 0 saturated heterocycles. The summed E-state index contributed by atoms with van der Waals surface area (Å²) in [5.41, 5.74) is 5.67. The van der Waals surface area contributed by atoms with Crippen molar-refractivity contribution < 1.29 is 18.9 Å². The van der Waals surface area contributed by atoms with Crippen molar-refractivity contribution >= 4 is 34.7 Å². The number of rotatable bonds is 3. The van der Waals surface area contributed by atoms with E-state index < -0.39 is 16.8 Å². The van der Waals surface area contributed by atoms with E-state index in [4.69, 9.17) is 4.84 Å². The van der Waals surface area contributed by atoms with Gasteiger partial charge >= 0.3 is 6.09 Å². The lowest BCUT2D eigenvalue weighted by Crippen LogP contribution is -2.31. The van der Waals surface area contributed by atoms with Crippen molar-refractivity contribution in [3.05, 3.63) is 98.8 Å². The number of halogens is 1. The molecule has 1 aliphatic rings. The third-order valence-corrected chi connectivity index (χ3v) is 5.19. The summed E-state index contributed by atoms with van der Waals surface area (Å²) in [7, 11) is 0. The minimum Gasteiger partial charge on any atom is -0.323 e. The minimum absolute atomic E-state index is 0.0805. The van der Waals surface area contributed by atoms with Crippen molar-refractivity contribution in [2.24, 2.45) is 9.98 Å². The Hall–Kier alpha value is -4.60. The van der Waals surface area contributed by atoms with Crippen LogP contribution in [0, 0.1) is 29.8 Å². The van der Waals surface area contributed by atoms with E-state index >= 15 is 0 Å². The average Bonchev–Trinajstić information content (AvgIpc) is 2.99. The second kappa shape index (κ2) is 9.49. The van der Waals surface area contributed by atoms with Crippen LogP contribution in [0.4, 0.5) is 26.2 Å². The first-order valence-electron chi connectivity index (χ1n) is 10.3. The van der Waals surface area contributed by atoms with Crippen LogP contribution in [0.3, 0.4) is 0 Å². The lowest BCUT2D eigenvalue weighted by molar-refractivity contribution is -0.384. The zero-order chi connectivity index (χ0) is 24.2. The molecule has 3 aromatic rings. The van der Waals surface area contributed by atoms with Crippen LogP contribution in [0.25, 0.3) is 0 Å². The van der Waals surface area contributed by atoms with Crippen LogP contribution in [0.2, 0.25) is 0 Å². The molecule has 3 aromatic carbocycles. The number of amides is 1. The number of nitrogens with one attached hydrogen (secondary N) is 2. The number of hydrogen-bond donors (Lipinski definition) is 2. The highest BCUT2D eigenvalue weighted by Gasteiger charge is 2.22. The Labute approximate surface area is 194 Å². The zero-order valence-electron chi connectivity index (χ0n) is 18.3. The highest BCUT2D eigenvalue weighted by atomic mass is 19.1. The quantitative estimate of drug-likeness (QED) is 0.421. The van der Waals surface area contributed by atoms with Gasteiger partial charge in [-0.2, -0.15) is 0 Å². The Morgan fingerprint density at radius 2 is 1.79 bits per heavy atom. The minimum atomic E-state index is -0.758. The van der Waals surface area contributed by atoms with Crippen LogP contribution in [0.5, 0.6) is 0 Å². The topological polar surface area (TPSA) is 118 Å². The fourth-order valence-corrected chi connectivity index (χ4v) is 3.53. The normalized spacial score (nSPS) is 12.6. The summed E-state index contributed by atoms with van der Waals surface area (Å²) in [6, 6.07) is 15.6. The van der Waals surface area contributed by atoms with E-state index in [9.17, 15) is 19.3 Å². The molecule has 0 bridgehead atoms. The van der Waals surface area contributed by atoms with Gasteiger partial charge in [0, 0.05) is 28.9 Å². The number of benzene rings is 3. The molecule has 0 saturated carbocycles. The molecule has 0 fully saturated rings. The number of hydrogen-bond acceptors (Lipinski definition) is 7. The molecule has 0 aromatic heterocycles. The van der Waals surface area contributed by atoms with Crippen LogP contribution in [0.15, 0.2) is 70.6 Å². The number of nitrogens with zero attached hydrogens (tertiary/aromatic N) is 3. The molecule has 1 amide bonds. The van der Waals surface area contributed by atoms with E-state index in [1.807, 2.05) is 32.0 Å². The summed E-state index contributed by atoms with van der Waals surface area (Å²) in [4.78, 5) is 37.0. The third kappa shape index (κ3) is 4.75. The largest absolute Gasteiger partial charge is 0.435 e. The molecule has 172 valence electrons. The standard InChI is InChI=1S/C24H20FN5O4/c1-14-6-5-7-15(2)22(14)28-24(31)34-29-21-13-26-23(17-8-3-4-9-19(17)25)18-12-16(30(32)33)10-11-20(18)27-21/h3-12H,13H2,1-2H3,(H,27,29)(H,28,31). The predicted octanol–water partition coefficient (Wildman–Crippen LogP) is 4.99. The van der Waals surface area contributed by atoms with Gasteiger partial charge < -0.3 is 4.84 Å². The van der Waals surface area contributed by atoms with Crippen molar-refractivity contribution in [1.29, 1.82) is 0 Å². The summed E-state index contributed by atoms with van der Waals surface area (Å²) in [5, 5.41) is 14.0. The van der Waals surface area contributed by atoms with Gasteiger partial charge in [-0.3, -0.25) is 20.4 Å². The Morgan fingerprint density at radius 1 is 1.06 bits per heavy atom. The smallest absolute Gasteiger partial charge is 0.323 e. The number of carbonyl (C=O) groups excluding carboxylic acids is 1. The molecule has 0 unspecified atom stereocenters. The van der Waals surface area contributed by atoms with Crippen LogP contribution in [-0.2, 0) is 4.84 Å². The van der Waals surface area contributed by atoms with Crippen molar-refractivity contribution in [2.45, 2.75) is 13.8 Å². The maximum atomic E-state index is 14.5. The average molecular weight is 461 g/mol. The van der Waals surface area contributed by atoms with Crippen molar-refractivity contribution in [1.82, 2.24) is 5.48 Å². The molecule has 9 nitrogen and oxygen atoms in total. The summed E-state index contributed by atoms with van der Waals surface area (Å²) in [5.74, 6) is -0.363. The number of carbonyl (C=O) groups is 1. The first-order chi connectivity index (χ1) is 16.3. The molecule has 1 heterocycles. The molecular weight excluding hydrogens is 441 g/mol. The van der Waals surface area contributed by atoms with E-state index in [-0.39, 0.29) is 34.9 Å². The fourth-order valence-electron chi connectivity index (χ4n) is 3.53. The molecule has 4 rings (SSSR count). The third-order valence-electron chi connectivity index (χ3n) is 5.19. The number of non-ortho nitro benzene ring substituents is 1. The monoisotopic (exact) mass is 461 g/mol. The number of amidine groups is 1. The Bertz CT molecular complexity index is 1330. The Balaban J connectivity index is 1.61. The van der Waals surface area contributed by atoms with Gasteiger partial charge in [-0.25, -0.2) is 19.7 Å². The second-order valence-corrected chi connectivity index (χ2v) is 7.55. The Kier molecular flexibility index (Phi) is 6.30. The number of para-hydroxylation sites is 1. The van der Waals surface area contributed by atoms with Crippen LogP contribution in [0.1, 0.15) is 22.3 Å². The lowest BCUT2D eigenvalue weighted by atomic mass is 9.99. The molecule has 0 spiro atoms. The second-order valence-electron chi connectivity index (χ2n) is 7.55. The van der Waals surface area contributed by atoms with E-state index in [0.29, 0.717) is 11.4 Å². The van der Waals surface area contributed by atoms with E-state index in [1.54, 1.807) is 6.07 Å². The van der Waals surface area contributed by atoms with Gasteiger partial charge in [0.05, 0.1) is 16.3 Å². The number of anilines is 1. The van der Waals surface area contributed by atoms with E-state index in [0.717, 1.165) is 11.1 Å². The summed E-state index contributed by atoms with van der Waals surface area (Å²) >= 11 is 0. The maximum Gasteiger partial charge on any atom is 0.435 e. The van der Waals surface area contributed by atoms with E-state index in [1.165, 1.54) is 36.4 Å². The molecule has 0 radical (unpaired) electrons. The van der Waals surface area contributed by atoms with Crippen molar-refractivity contribution in [3.8, 4) is 0 Å². The summed E-state index contributed by atoms with van der Waals surface area (Å²) in [6.07, 6.45) is -0.758. The SMILES string of the molecule is Cc1cccc(C)c1NC(=O)ONC1=Nc2ccc([N+](=O)[O-])cc2C(c2ccccc2F)=NC1. The molecule has 34 heavy (non-hydrogen) atoms. The first kappa shape index (κ1) is 22.6. The number of hydroxylamine groups is 1. The Morgan fingerprint density at radius 3 is 2.50 bits per heavy atom. The molecule has 0 aliphatic carbocycles. The maximum absolute atomic E-state index is 14.5. The number of nitro benzene ring substituents is 1. The highest BCUT2D eigenvalue weighted by Crippen LogP contribution is 2.30. The van der Waals surface area contributed by atoms with Gasteiger partial charge in [0.25, 0.3) is 5.69 Å². The number of aryl methyl sites for hydroxylation is 2. The highest BCUT2D eigenvalue weighted by molar-refractivity contribution is 6.17. The van der Waals surface area contributed by atoms with Gasteiger partial charge in [0.15, 0.2) is 5.84 Å². The number of aliphatic imine (C=N–C) groups is 2. The molecule has 2 N–H and O–H groups in total. The molecule has 1 aliphatic heterocycles. The van der Waals surface area contributed by atoms with E-state index in [2.05, 4.69) is 20.8 Å². The van der Waals surface area contributed by atoms with Gasteiger partial charge in [0.1, 0.15) is 12.4 Å². The molecule has 10 heteroatoms. The van der Waals surface area contributed by atoms with Crippen molar-refractivity contribution in [2.75, 3.05) is 11.9 Å². The van der Waals surface area contributed by atoms with Gasteiger partial charge in [0.2, 0.25) is 0 Å². The van der Waals surface area contributed by atoms with Gasteiger partial charge in [-0.15, -0.1) is 0 Å². The van der Waals surface area contributed by atoms with Crippen LogP contribution >= 0.6 is 0 Å². The number of fused-ring (bicyclic) bond motifs is 1.